The molecule has 1 aliphatic carbocycles. The van der Waals surface area contributed by atoms with Crippen LogP contribution >= 0.6 is 11.3 Å². The Hall–Kier alpha value is -2.16. The second kappa shape index (κ2) is 8.69. The lowest BCUT2D eigenvalue weighted by atomic mass is 9.80. The van der Waals surface area contributed by atoms with Gasteiger partial charge in [0.15, 0.2) is 5.78 Å². The molecule has 1 aromatic heterocycles. The molecular formula is C21H26N2O5S. The maximum atomic E-state index is 12.8. The van der Waals surface area contributed by atoms with E-state index in [9.17, 15) is 9.59 Å². The van der Waals surface area contributed by atoms with Crippen molar-refractivity contribution in [2.45, 2.75) is 38.6 Å². The third-order valence-corrected chi connectivity index (χ3v) is 6.49. The van der Waals surface area contributed by atoms with Crippen LogP contribution in [0.25, 0.3) is 0 Å². The summed E-state index contributed by atoms with van der Waals surface area (Å²) in [6.07, 6.45) is 1.85. The summed E-state index contributed by atoms with van der Waals surface area (Å²) in [6.45, 7) is 6.08. The van der Waals surface area contributed by atoms with Gasteiger partial charge in [-0.3, -0.25) is 9.69 Å². The Morgan fingerprint density at radius 3 is 2.90 bits per heavy atom. The topological polar surface area (TPSA) is 91.1 Å². The number of rotatable bonds is 5. The molecule has 0 aromatic carbocycles. The molecule has 1 aromatic rings. The lowest BCUT2D eigenvalue weighted by Gasteiger charge is -2.31. The number of ether oxygens (including phenoxy) is 3. The van der Waals surface area contributed by atoms with E-state index in [-0.39, 0.29) is 23.8 Å². The molecule has 0 unspecified atom stereocenters. The number of ketones is 1. The van der Waals surface area contributed by atoms with E-state index in [1.54, 1.807) is 18.3 Å². The first-order chi connectivity index (χ1) is 14.1. The Morgan fingerprint density at radius 2 is 2.14 bits per heavy atom. The van der Waals surface area contributed by atoms with Crippen LogP contribution in [0.1, 0.15) is 42.5 Å². The first-order valence-corrected chi connectivity index (χ1v) is 10.9. The number of nitrogens with two attached hydrogens (primary N) is 1. The van der Waals surface area contributed by atoms with Gasteiger partial charge in [-0.25, -0.2) is 4.79 Å². The van der Waals surface area contributed by atoms with Crippen molar-refractivity contribution in [1.29, 1.82) is 0 Å². The van der Waals surface area contributed by atoms with Gasteiger partial charge in [-0.1, -0.05) is 0 Å². The third kappa shape index (κ3) is 4.10. The fourth-order valence-electron chi connectivity index (χ4n) is 4.09. The number of carbonyl (C=O) groups excluding carboxylic acids is 2. The van der Waals surface area contributed by atoms with Crippen molar-refractivity contribution in [2.75, 3.05) is 32.9 Å². The van der Waals surface area contributed by atoms with E-state index < -0.39 is 11.9 Å². The largest absolute Gasteiger partial charge is 0.462 e. The number of esters is 1. The molecule has 0 amide bonds. The summed E-state index contributed by atoms with van der Waals surface area (Å²) in [4.78, 5) is 28.8. The highest BCUT2D eigenvalue weighted by Crippen LogP contribution is 2.45. The number of hydrogen-bond acceptors (Lipinski definition) is 8. The fourth-order valence-corrected chi connectivity index (χ4v) is 5.12. The molecule has 4 rings (SSSR count). The Morgan fingerprint density at radius 1 is 1.34 bits per heavy atom. The van der Waals surface area contributed by atoms with E-state index in [4.69, 9.17) is 19.9 Å². The van der Waals surface area contributed by atoms with Crippen LogP contribution < -0.4 is 5.73 Å². The summed E-state index contributed by atoms with van der Waals surface area (Å²) in [7, 11) is 0. The monoisotopic (exact) mass is 418 g/mol. The molecular weight excluding hydrogens is 392 g/mol. The number of hydrogen-bond donors (Lipinski definition) is 1. The molecule has 156 valence electrons. The van der Waals surface area contributed by atoms with Crippen LogP contribution in [0.3, 0.4) is 0 Å². The molecule has 0 radical (unpaired) electrons. The van der Waals surface area contributed by atoms with Crippen molar-refractivity contribution in [3.8, 4) is 0 Å². The number of thiophene rings is 1. The molecule has 2 N–H and O–H groups in total. The molecule has 0 spiro atoms. The third-order valence-electron chi connectivity index (χ3n) is 5.45. The highest BCUT2D eigenvalue weighted by atomic mass is 32.1. The van der Waals surface area contributed by atoms with E-state index in [0.29, 0.717) is 24.2 Å². The zero-order valence-electron chi connectivity index (χ0n) is 16.6. The van der Waals surface area contributed by atoms with Gasteiger partial charge in [0.05, 0.1) is 25.7 Å². The average Bonchev–Trinajstić information content (AvgIpc) is 3.16. The van der Waals surface area contributed by atoms with Crippen molar-refractivity contribution in [2.24, 2.45) is 5.73 Å². The van der Waals surface area contributed by atoms with Crippen LogP contribution in [0.4, 0.5) is 0 Å². The zero-order valence-corrected chi connectivity index (χ0v) is 17.4. The number of Topliss-reactive ketones (excluding diaryl/α,β-unsaturated/α-hetero) is 1. The van der Waals surface area contributed by atoms with Crippen LogP contribution in [0.15, 0.2) is 34.2 Å². The summed E-state index contributed by atoms with van der Waals surface area (Å²) in [6, 6.07) is 2.08. The van der Waals surface area contributed by atoms with Crippen molar-refractivity contribution in [1.82, 2.24) is 4.90 Å². The average molecular weight is 419 g/mol. The molecule has 1 fully saturated rings. The van der Waals surface area contributed by atoms with Gasteiger partial charge in [0, 0.05) is 42.9 Å². The quantitative estimate of drug-likeness (QED) is 0.735. The van der Waals surface area contributed by atoms with Gasteiger partial charge in [0.1, 0.15) is 11.3 Å². The number of nitrogens with zero attached hydrogens (tertiary/aromatic N) is 1. The number of morpholine rings is 1. The van der Waals surface area contributed by atoms with Gasteiger partial charge in [0.2, 0.25) is 5.88 Å². The SMILES string of the molecule is CCOC(=O)C1=C(N)OC2=C(C(=O)CCC2)[C@@H]1c1cc(CN2CCOCC2)cs1. The highest BCUT2D eigenvalue weighted by molar-refractivity contribution is 7.10. The van der Waals surface area contributed by atoms with Crippen molar-refractivity contribution >= 4 is 23.1 Å². The second-order valence-electron chi connectivity index (χ2n) is 7.39. The maximum absolute atomic E-state index is 12.8. The summed E-state index contributed by atoms with van der Waals surface area (Å²) in [5, 5.41) is 2.09. The van der Waals surface area contributed by atoms with E-state index >= 15 is 0 Å². The Labute approximate surface area is 174 Å². The summed E-state index contributed by atoms with van der Waals surface area (Å²) in [5.41, 5.74) is 8.10. The maximum Gasteiger partial charge on any atom is 0.340 e. The number of carbonyl (C=O) groups is 2. The minimum absolute atomic E-state index is 0.0219. The van der Waals surface area contributed by atoms with Crippen molar-refractivity contribution in [3.05, 3.63) is 44.7 Å². The minimum Gasteiger partial charge on any atom is -0.462 e. The molecule has 1 atom stereocenters. The summed E-state index contributed by atoms with van der Waals surface area (Å²) >= 11 is 1.55. The van der Waals surface area contributed by atoms with E-state index in [1.807, 2.05) is 0 Å². The van der Waals surface area contributed by atoms with Crippen LogP contribution in [-0.4, -0.2) is 49.6 Å². The molecule has 1 saturated heterocycles. The van der Waals surface area contributed by atoms with Gasteiger partial charge in [-0.05, 0) is 30.4 Å². The normalized spacial score (nSPS) is 23.1. The van der Waals surface area contributed by atoms with Crippen LogP contribution in [0.2, 0.25) is 0 Å². The van der Waals surface area contributed by atoms with Gasteiger partial charge in [-0.15, -0.1) is 11.3 Å². The Balaban J connectivity index is 1.68. The molecule has 8 heteroatoms. The molecule has 2 aliphatic heterocycles. The van der Waals surface area contributed by atoms with Crippen molar-refractivity contribution in [3.63, 3.8) is 0 Å². The van der Waals surface area contributed by atoms with Crippen LogP contribution in [-0.2, 0) is 30.3 Å². The second-order valence-corrected chi connectivity index (χ2v) is 8.34. The highest BCUT2D eigenvalue weighted by Gasteiger charge is 2.41. The summed E-state index contributed by atoms with van der Waals surface area (Å²) in [5.74, 6) is -0.379. The standard InChI is InChI=1S/C21H26N2O5S/c1-2-27-21(25)19-18(17-14(24)4-3-5-15(17)28-20(19)22)16-10-13(12-29-16)11-23-6-8-26-9-7-23/h10,12,18H,2-9,11,22H2,1H3/t18-/m0/s1. The molecule has 3 aliphatic rings. The summed E-state index contributed by atoms with van der Waals surface area (Å²) < 4.78 is 16.4. The van der Waals surface area contributed by atoms with Crippen molar-refractivity contribution < 1.29 is 23.8 Å². The van der Waals surface area contributed by atoms with E-state index in [2.05, 4.69) is 16.3 Å². The van der Waals surface area contributed by atoms with Gasteiger partial charge >= 0.3 is 5.97 Å². The molecule has 0 bridgehead atoms. The van der Waals surface area contributed by atoms with E-state index in [1.165, 1.54) is 0 Å². The predicted octanol–water partition coefficient (Wildman–Crippen LogP) is 2.43. The minimum atomic E-state index is -0.525. The van der Waals surface area contributed by atoms with Gasteiger partial charge in [0.25, 0.3) is 0 Å². The van der Waals surface area contributed by atoms with E-state index in [0.717, 1.165) is 49.7 Å². The van der Waals surface area contributed by atoms with Crippen LogP contribution in [0.5, 0.6) is 0 Å². The fraction of sp³-hybridized carbons (Fsp3) is 0.524. The first kappa shape index (κ1) is 20.1. The molecule has 3 heterocycles. The van der Waals surface area contributed by atoms with Gasteiger partial charge < -0.3 is 19.9 Å². The Bertz CT molecular complexity index is 866. The van der Waals surface area contributed by atoms with Gasteiger partial charge in [-0.2, -0.15) is 0 Å². The van der Waals surface area contributed by atoms with Crippen LogP contribution in [0, 0.1) is 0 Å². The Kier molecular flexibility index (Phi) is 6.03. The zero-order chi connectivity index (χ0) is 20.4. The molecule has 7 nitrogen and oxygen atoms in total. The lowest BCUT2D eigenvalue weighted by molar-refractivity contribution is -0.139. The predicted molar refractivity (Wildman–Crippen MR) is 108 cm³/mol. The molecule has 0 saturated carbocycles. The lowest BCUT2D eigenvalue weighted by Crippen LogP contribution is -2.35. The molecule has 29 heavy (non-hydrogen) atoms. The smallest absolute Gasteiger partial charge is 0.340 e. The number of allylic oxidation sites excluding steroid dienone is 2. The first-order valence-electron chi connectivity index (χ1n) is 10.1.